The molecule has 0 saturated heterocycles. The summed E-state index contributed by atoms with van der Waals surface area (Å²) in [6.07, 6.45) is 3.85. The van der Waals surface area contributed by atoms with E-state index < -0.39 is 5.97 Å². The zero-order valence-corrected chi connectivity index (χ0v) is 10.5. The van der Waals surface area contributed by atoms with Gasteiger partial charge in [-0.1, -0.05) is 18.0 Å². The minimum absolute atomic E-state index is 0.0615. The van der Waals surface area contributed by atoms with Crippen molar-refractivity contribution in [3.8, 4) is 0 Å². The SMILES string of the molecule is O=C(O)c1cnc(NCC2CCCC2O)c(Cl)c1. The molecule has 1 fully saturated rings. The number of nitrogens with one attached hydrogen (secondary N) is 1. The molecular formula is C12H15ClN2O3. The summed E-state index contributed by atoms with van der Waals surface area (Å²) in [5.74, 6) is -0.384. The predicted octanol–water partition coefficient (Wildman–Crippen LogP) is 2.01. The number of pyridine rings is 1. The molecule has 3 N–H and O–H groups in total. The van der Waals surface area contributed by atoms with E-state index in [1.54, 1.807) is 0 Å². The quantitative estimate of drug-likeness (QED) is 0.780. The average Bonchev–Trinajstić information content (AvgIpc) is 2.73. The van der Waals surface area contributed by atoms with Gasteiger partial charge in [-0.05, 0) is 18.9 Å². The van der Waals surface area contributed by atoms with Crippen LogP contribution in [-0.4, -0.2) is 33.8 Å². The van der Waals surface area contributed by atoms with E-state index in [0.717, 1.165) is 19.3 Å². The summed E-state index contributed by atoms with van der Waals surface area (Å²) < 4.78 is 0. The summed E-state index contributed by atoms with van der Waals surface area (Å²) in [5, 5.41) is 21.8. The molecule has 5 nitrogen and oxygen atoms in total. The van der Waals surface area contributed by atoms with Crippen molar-refractivity contribution in [2.45, 2.75) is 25.4 Å². The van der Waals surface area contributed by atoms with Crippen LogP contribution in [0.25, 0.3) is 0 Å². The molecule has 2 atom stereocenters. The number of aromatic carboxylic acids is 1. The number of hydrogen-bond acceptors (Lipinski definition) is 4. The van der Waals surface area contributed by atoms with E-state index in [-0.39, 0.29) is 22.6 Å². The van der Waals surface area contributed by atoms with E-state index in [9.17, 15) is 9.90 Å². The molecule has 18 heavy (non-hydrogen) atoms. The molecule has 0 spiro atoms. The highest BCUT2D eigenvalue weighted by Gasteiger charge is 2.25. The second kappa shape index (κ2) is 5.54. The predicted molar refractivity (Wildman–Crippen MR) is 68.0 cm³/mol. The van der Waals surface area contributed by atoms with E-state index in [1.165, 1.54) is 12.3 Å². The zero-order valence-electron chi connectivity index (χ0n) is 9.77. The van der Waals surface area contributed by atoms with Crippen LogP contribution in [0.4, 0.5) is 5.82 Å². The maximum Gasteiger partial charge on any atom is 0.337 e. The Balaban J connectivity index is 1.99. The van der Waals surface area contributed by atoms with Gasteiger partial charge in [0.1, 0.15) is 5.82 Å². The van der Waals surface area contributed by atoms with Crippen LogP contribution in [0.3, 0.4) is 0 Å². The lowest BCUT2D eigenvalue weighted by Gasteiger charge is -2.16. The lowest BCUT2D eigenvalue weighted by Crippen LogP contribution is -2.22. The van der Waals surface area contributed by atoms with Gasteiger partial charge in [0.15, 0.2) is 0 Å². The smallest absolute Gasteiger partial charge is 0.337 e. The highest BCUT2D eigenvalue weighted by molar-refractivity contribution is 6.33. The first-order valence-corrected chi connectivity index (χ1v) is 6.26. The maximum absolute atomic E-state index is 10.7. The lowest BCUT2D eigenvalue weighted by molar-refractivity contribution is 0.0696. The van der Waals surface area contributed by atoms with E-state index in [2.05, 4.69) is 10.3 Å². The Labute approximate surface area is 110 Å². The van der Waals surface area contributed by atoms with Crippen LogP contribution in [0.1, 0.15) is 29.6 Å². The van der Waals surface area contributed by atoms with Crippen molar-refractivity contribution < 1.29 is 15.0 Å². The first kappa shape index (κ1) is 13.1. The third kappa shape index (κ3) is 2.91. The Morgan fingerprint density at radius 3 is 2.89 bits per heavy atom. The maximum atomic E-state index is 10.7. The van der Waals surface area contributed by atoms with Crippen LogP contribution in [0.15, 0.2) is 12.3 Å². The van der Waals surface area contributed by atoms with Crippen molar-refractivity contribution >= 4 is 23.4 Å². The number of nitrogens with zero attached hydrogens (tertiary/aromatic N) is 1. The van der Waals surface area contributed by atoms with E-state index in [0.29, 0.717) is 12.4 Å². The van der Waals surface area contributed by atoms with Crippen molar-refractivity contribution in [3.05, 3.63) is 22.8 Å². The van der Waals surface area contributed by atoms with E-state index >= 15 is 0 Å². The Morgan fingerprint density at radius 1 is 1.56 bits per heavy atom. The van der Waals surface area contributed by atoms with Crippen molar-refractivity contribution in [1.82, 2.24) is 4.98 Å². The van der Waals surface area contributed by atoms with Gasteiger partial charge in [0.05, 0.1) is 16.7 Å². The third-order valence-electron chi connectivity index (χ3n) is 3.24. The van der Waals surface area contributed by atoms with Crippen LogP contribution in [0, 0.1) is 5.92 Å². The molecule has 6 heteroatoms. The number of anilines is 1. The Bertz CT molecular complexity index is 453. The molecule has 1 aliphatic rings. The monoisotopic (exact) mass is 270 g/mol. The highest BCUT2D eigenvalue weighted by atomic mass is 35.5. The van der Waals surface area contributed by atoms with Gasteiger partial charge in [-0.3, -0.25) is 0 Å². The van der Waals surface area contributed by atoms with E-state index in [1.807, 2.05) is 0 Å². The third-order valence-corrected chi connectivity index (χ3v) is 3.53. The molecule has 0 aliphatic heterocycles. The molecule has 98 valence electrons. The standard InChI is InChI=1S/C12H15ClN2O3/c13-9-4-8(12(17)18)6-15-11(9)14-5-7-2-1-3-10(7)16/h4,6-7,10,16H,1-3,5H2,(H,14,15)(H,17,18). The van der Waals surface area contributed by atoms with Crippen LogP contribution in [0.5, 0.6) is 0 Å². The highest BCUT2D eigenvalue weighted by Crippen LogP contribution is 2.27. The number of hydrogen-bond donors (Lipinski definition) is 3. The van der Waals surface area contributed by atoms with Crippen LogP contribution in [-0.2, 0) is 0 Å². The molecular weight excluding hydrogens is 256 g/mol. The molecule has 1 heterocycles. The summed E-state index contributed by atoms with van der Waals surface area (Å²) in [4.78, 5) is 14.7. The summed E-state index contributed by atoms with van der Waals surface area (Å²) in [6, 6.07) is 1.37. The first-order chi connectivity index (χ1) is 8.58. The second-order valence-electron chi connectivity index (χ2n) is 4.50. The van der Waals surface area contributed by atoms with Gasteiger partial charge < -0.3 is 15.5 Å². The number of carbonyl (C=O) groups is 1. The van der Waals surface area contributed by atoms with Gasteiger partial charge in [-0.15, -0.1) is 0 Å². The molecule has 0 radical (unpaired) electrons. The van der Waals surface area contributed by atoms with Crippen molar-refractivity contribution in [3.63, 3.8) is 0 Å². The number of aliphatic hydroxyl groups is 1. The largest absolute Gasteiger partial charge is 0.478 e. The fraction of sp³-hybridized carbons (Fsp3) is 0.500. The Kier molecular flexibility index (Phi) is 4.04. The molecule has 1 aliphatic carbocycles. The molecule has 2 rings (SSSR count). The van der Waals surface area contributed by atoms with Crippen LogP contribution in [0.2, 0.25) is 5.02 Å². The molecule has 0 aromatic carbocycles. The van der Waals surface area contributed by atoms with Gasteiger partial charge in [0.25, 0.3) is 0 Å². The van der Waals surface area contributed by atoms with Gasteiger partial charge in [-0.2, -0.15) is 0 Å². The minimum Gasteiger partial charge on any atom is -0.478 e. The number of carboxylic acids is 1. The molecule has 1 saturated carbocycles. The average molecular weight is 271 g/mol. The number of aliphatic hydroxyl groups excluding tert-OH is 1. The van der Waals surface area contributed by atoms with Gasteiger partial charge >= 0.3 is 5.97 Å². The van der Waals surface area contributed by atoms with Crippen LogP contribution >= 0.6 is 11.6 Å². The van der Waals surface area contributed by atoms with Gasteiger partial charge in [-0.25, -0.2) is 9.78 Å². The second-order valence-corrected chi connectivity index (χ2v) is 4.91. The number of carboxylic acid groups (broad SMARTS) is 1. The lowest BCUT2D eigenvalue weighted by atomic mass is 10.1. The van der Waals surface area contributed by atoms with Crippen LogP contribution < -0.4 is 5.32 Å². The fourth-order valence-corrected chi connectivity index (χ4v) is 2.40. The Hall–Kier alpha value is -1.33. The first-order valence-electron chi connectivity index (χ1n) is 5.88. The Morgan fingerprint density at radius 2 is 2.33 bits per heavy atom. The summed E-state index contributed by atoms with van der Waals surface area (Å²) in [5.41, 5.74) is 0.0615. The number of rotatable bonds is 4. The van der Waals surface area contributed by atoms with Crippen molar-refractivity contribution in [2.75, 3.05) is 11.9 Å². The topological polar surface area (TPSA) is 82.5 Å². The molecule has 1 aromatic heterocycles. The minimum atomic E-state index is -1.05. The van der Waals surface area contributed by atoms with Gasteiger partial charge in [0.2, 0.25) is 0 Å². The fourth-order valence-electron chi connectivity index (χ4n) is 2.17. The molecule has 0 amide bonds. The summed E-state index contributed by atoms with van der Waals surface area (Å²) in [6.45, 7) is 0.598. The van der Waals surface area contributed by atoms with Crippen molar-refractivity contribution in [1.29, 1.82) is 0 Å². The summed E-state index contributed by atoms with van der Waals surface area (Å²) in [7, 11) is 0. The molecule has 0 bridgehead atoms. The normalized spacial score (nSPS) is 23.0. The number of aromatic nitrogens is 1. The van der Waals surface area contributed by atoms with E-state index in [4.69, 9.17) is 16.7 Å². The zero-order chi connectivity index (χ0) is 13.1. The molecule has 1 aromatic rings. The summed E-state index contributed by atoms with van der Waals surface area (Å²) >= 11 is 5.94. The van der Waals surface area contributed by atoms with Crippen molar-refractivity contribution in [2.24, 2.45) is 5.92 Å². The van der Waals surface area contributed by atoms with Gasteiger partial charge in [0, 0.05) is 18.7 Å². The molecule has 2 unspecified atom stereocenters. The number of halogens is 1.